The number of rotatable bonds is 3. The zero-order chi connectivity index (χ0) is 14.2. The van der Waals surface area contributed by atoms with Crippen molar-refractivity contribution in [3.05, 3.63) is 18.2 Å². The Bertz CT molecular complexity index is 506. The fourth-order valence-corrected chi connectivity index (χ4v) is 2.29. The van der Waals surface area contributed by atoms with Crippen LogP contribution < -0.4 is 5.32 Å². The molecule has 2 rings (SSSR count). The maximum atomic E-state index is 12.3. The Labute approximate surface area is 112 Å². The van der Waals surface area contributed by atoms with Crippen LogP contribution in [-0.2, 0) is 16.1 Å². The molecule has 2 heterocycles. The molecular formula is C13H20N4O2. The molecule has 104 valence electrons. The number of nitrogens with one attached hydrogen (secondary N) is 1. The summed E-state index contributed by atoms with van der Waals surface area (Å²) in [6, 6.07) is -0.427. The van der Waals surface area contributed by atoms with Crippen LogP contribution in [0, 0.1) is 6.92 Å². The van der Waals surface area contributed by atoms with E-state index >= 15 is 0 Å². The first-order valence-electron chi connectivity index (χ1n) is 6.44. The monoisotopic (exact) mass is 264 g/mol. The van der Waals surface area contributed by atoms with Crippen LogP contribution in [0.4, 0.5) is 0 Å². The van der Waals surface area contributed by atoms with Crippen molar-refractivity contribution in [2.45, 2.75) is 45.8 Å². The summed E-state index contributed by atoms with van der Waals surface area (Å²) in [5.41, 5.74) is -0.826. The average molecular weight is 264 g/mol. The predicted octanol–water partition coefficient (Wildman–Crippen LogP) is 0.317. The Balaban J connectivity index is 2.11. The SMILES string of the molecule is Cc1nccn1CCN1C(=O)C(C)(C)NC(=O)C1C. The molecule has 19 heavy (non-hydrogen) atoms. The quantitative estimate of drug-likeness (QED) is 0.854. The molecular weight excluding hydrogens is 244 g/mol. The van der Waals surface area contributed by atoms with Crippen molar-refractivity contribution in [2.75, 3.05) is 6.54 Å². The lowest BCUT2D eigenvalue weighted by Gasteiger charge is -2.41. The van der Waals surface area contributed by atoms with E-state index < -0.39 is 11.6 Å². The Kier molecular flexibility index (Phi) is 3.34. The minimum Gasteiger partial charge on any atom is -0.340 e. The molecule has 0 bridgehead atoms. The fourth-order valence-electron chi connectivity index (χ4n) is 2.29. The maximum absolute atomic E-state index is 12.3. The summed E-state index contributed by atoms with van der Waals surface area (Å²) in [4.78, 5) is 30.0. The number of imidazole rings is 1. The summed E-state index contributed by atoms with van der Waals surface area (Å²) in [5, 5.41) is 2.74. The van der Waals surface area contributed by atoms with Gasteiger partial charge in [-0.3, -0.25) is 9.59 Å². The summed E-state index contributed by atoms with van der Waals surface area (Å²) in [7, 11) is 0. The molecule has 1 aromatic heterocycles. The first-order chi connectivity index (χ1) is 8.83. The molecule has 1 atom stereocenters. The van der Waals surface area contributed by atoms with E-state index in [2.05, 4.69) is 10.3 Å². The highest BCUT2D eigenvalue weighted by molar-refractivity contribution is 5.99. The van der Waals surface area contributed by atoms with Crippen LogP contribution in [0.1, 0.15) is 26.6 Å². The van der Waals surface area contributed by atoms with E-state index in [9.17, 15) is 9.59 Å². The molecule has 1 aromatic rings. The number of carbonyl (C=O) groups excluding carboxylic acids is 2. The van der Waals surface area contributed by atoms with Gasteiger partial charge < -0.3 is 14.8 Å². The van der Waals surface area contributed by atoms with Gasteiger partial charge in [-0.2, -0.15) is 0 Å². The third kappa shape index (κ3) is 2.47. The summed E-state index contributed by atoms with van der Waals surface area (Å²) < 4.78 is 1.97. The van der Waals surface area contributed by atoms with Gasteiger partial charge in [-0.15, -0.1) is 0 Å². The van der Waals surface area contributed by atoms with Crippen molar-refractivity contribution in [3.63, 3.8) is 0 Å². The fraction of sp³-hybridized carbons (Fsp3) is 0.615. The van der Waals surface area contributed by atoms with E-state index in [4.69, 9.17) is 0 Å². The highest BCUT2D eigenvalue weighted by Gasteiger charge is 2.42. The molecule has 0 aliphatic carbocycles. The van der Waals surface area contributed by atoms with Crippen LogP contribution in [0.2, 0.25) is 0 Å². The number of aromatic nitrogens is 2. The zero-order valence-electron chi connectivity index (χ0n) is 11.8. The molecule has 1 N–H and O–H groups in total. The molecule has 1 aliphatic rings. The minimum atomic E-state index is -0.826. The smallest absolute Gasteiger partial charge is 0.248 e. The third-order valence-corrected chi connectivity index (χ3v) is 3.58. The molecule has 1 fully saturated rings. The lowest BCUT2D eigenvalue weighted by Crippen LogP contribution is -2.67. The molecule has 1 saturated heterocycles. The van der Waals surface area contributed by atoms with Gasteiger partial charge >= 0.3 is 0 Å². The second kappa shape index (κ2) is 4.68. The van der Waals surface area contributed by atoms with Crippen LogP contribution in [0.5, 0.6) is 0 Å². The van der Waals surface area contributed by atoms with Gasteiger partial charge in [-0.25, -0.2) is 4.98 Å². The topological polar surface area (TPSA) is 67.2 Å². The van der Waals surface area contributed by atoms with E-state index in [1.54, 1.807) is 31.9 Å². The Morgan fingerprint density at radius 1 is 1.37 bits per heavy atom. The van der Waals surface area contributed by atoms with Crippen molar-refractivity contribution in [1.29, 1.82) is 0 Å². The van der Waals surface area contributed by atoms with Gasteiger partial charge in [0.05, 0.1) is 0 Å². The van der Waals surface area contributed by atoms with E-state index in [0.29, 0.717) is 13.1 Å². The zero-order valence-corrected chi connectivity index (χ0v) is 11.8. The predicted molar refractivity (Wildman–Crippen MR) is 70.4 cm³/mol. The first kappa shape index (κ1) is 13.6. The standard InChI is InChI=1S/C13H20N4O2/c1-9-11(18)15-13(3,4)12(19)17(9)8-7-16-6-5-14-10(16)2/h5-6,9H,7-8H2,1-4H3,(H,15,18). The van der Waals surface area contributed by atoms with E-state index in [1.165, 1.54) is 0 Å². The Hall–Kier alpha value is -1.85. The highest BCUT2D eigenvalue weighted by Crippen LogP contribution is 2.17. The first-order valence-corrected chi connectivity index (χ1v) is 6.44. The number of amides is 2. The van der Waals surface area contributed by atoms with Gasteiger partial charge in [-0.1, -0.05) is 0 Å². The van der Waals surface area contributed by atoms with Crippen LogP contribution in [0.3, 0.4) is 0 Å². The third-order valence-electron chi connectivity index (χ3n) is 3.58. The second-order valence-electron chi connectivity index (χ2n) is 5.46. The summed E-state index contributed by atoms with van der Waals surface area (Å²) in [6.45, 7) is 8.28. The number of nitrogens with zero attached hydrogens (tertiary/aromatic N) is 3. The number of piperazine rings is 1. The van der Waals surface area contributed by atoms with Gasteiger partial charge in [0.25, 0.3) is 0 Å². The van der Waals surface area contributed by atoms with Gasteiger partial charge in [0.1, 0.15) is 17.4 Å². The lowest BCUT2D eigenvalue weighted by atomic mass is 9.97. The lowest BCUT2D eigenvalue weighted by molar-refractivity contribution is -0.152. The number of carbonyl (C=O) groups is 2. The number of hydrogen-bond acceptors (Lipinski definition) is 3. The average Bonchev–Trinajstić information content (AvgIpc) is 2.72. The number of aryl methyl sites for hydroxylation is 1. The van der Waals surface area contributed by atoms with Crippen molar-refractivity contribution < 1.29 is 9.59 Å². The van der Waals surface area contributed by atoms with Gasteiger partial charge in [0.2, 0.25) is 11.8 Å². The number of hydrogen-bond donors (Lipinski definition) is 1. The van der Waals surface area contributed by atoms with Crippen molar-refractivity contribution in [2.24, 2.45) is 0 Å². The minimum absolute atomic E-state index is 0.0441. The molecule has 1 unspecified atom stereocenters. The van der Waals surface area contributed by atoms with E-state index in [1.807, 2.05) is 17.7 Å². The van der Waals surface area contributed by atoms with Crippen LogP contribution in [-0.4, -0.2) is 44.4 Å². The Morgan fingerprint density at radius 2 is 2.05 bits per heavy atom. The molecule has 6 nitrogen and oxygen atoms in total. The van der Waals surface area contributed by atoms with Crippen molar-refractivity contribution >= 4 is 11.8 Å². The molecule has 6 heteroatoms. The van der Waals surface area contributed by atoms with Gasteiger partial charge in [-0.05, 0) is 27.7 Å². The summed E-state index contributed by atoms with van der Waals surface area (Å²) >= 11 is 0. The molecule has 2 amide bonds. The van der Waals surface area contributed by atoms with Gasteiger partial charge in [0, 0.05) is 25.5 Å². The van der Waals surface area contributed by atoms with Crippen molar-refractivity contribution in [1.82, 2.24) is 19.8 Å². The van der Waals surface area contributed by atoms with Crippen LogP contribution in [0.25, 0.3) is 0 Å². The van der Waals surface area contributed by atoms with E-state index in [0.717, 1.165) is 5.82 Å². The van der Waals surface area contributed by atoms with Gasteiger partial charge in [0.15, 0.2) is 0 Å². The van der Waals surface area contributed by atoms with Crippen molar-refractivity contribution in [3.8, 4) is 0 Å². The molecule has 0 radical (unpaired) electrons. The maximum Gasteiger partial charge on any atom is 0.248 e. The van der Waals surface area contributed by atoms with Crippen LogP contribution in [0.15, 0.2) is 12.4 Å². The second-order valence-corrected chi connectivity index (χ2v) is 5.46. The van der Waals surface area contributed by atoms with Crippen LogP contribution >= 0.6 is 0 Å². The molecule has 0 saturated carbocycles. The Morgan fingerprint density at radius 3 is 2.63 bits per heavy atom. The summed E-state index contributed by atoms with van der Waals surface area (Å²) in [5.74, 6) is 0.755. The normalized spacial score (nSPS) is 22.5. The van der Waals surface area contributed by atoms with E-state index in [-0.39, 0.29) is 11.8 Å². The largest absolute Gasteiger partial charge is 0.340 e. The summed E-state index contributed by atoms with van der Waals surface area (Å²) in [6.07, 6.45) is 3.60. The molecule has 0 spiro atoms. The molecule has 1 aliphatic heterocycles. The molecule has 0 aromatic carbocycles. The highest BCUT2D eigenvalue weighted by atomic mass is 16.2.